The van der Waals surface area contributed by atoms with E-state index in [-0.39, 0.29) is 24.3 Å². The van der Waals surface area contributed by atoms with E-state index in [4.69, 9.17) is 0 Å². The molecule has 1 fully saturated rings. The van der Waals surface area contributed by atoms with Crippen molar-refractivity contribution in [1.29, 1.82) is 0 Å². The van der Waals surface area contributed by atoms with Crippen LogP contribution >= 0.6 is 0 Å². The fraction of sp³-hybridized carbons (Fsp3) is 0.375. The molecule has 0 aromatic heterocycles. The van der Waals surface area contributed by atoms with Crippen LogP contribution in [0.5, 0.6) is 0 Å². The van der Waals surface area contributed by atoms with Crippen LogP contribution < -0.4 is 5.32 Å². The minimum Gasteiger partial charge on any atom is -0.352 e. The maximum Gasteiger partial charge on any atom is 0.243 e. The van der Waals surface area contributed by atoms with E-state index in [1.165, 1.54) is 6.42 Å². The van der Waals surface area contributed by atoms with Crippen LogP contribution in [0.15, 0.2) is 78.9 Å². The summed E-state index contributed by atoms with van der Waals surface area (Å²) in [5.41, 5.74) is 5.35. The number of nitrogens with zero attached hydrogens (tertiary/aromatic N) is 1. The Morgan fingerprint density at radius 1 is 0.861 bits per heavy atom. The minimum absolute atomic E-state index is 0.0245. The first-order chi connectivity index (χ1) is 17.5. The molecule has 3 aromatic carbocycles. The van der Waals surface area contributed by atoms with Crippen LogP contribution in [-0.4, -0.2) is 28.8 Å². The van der Waals surface area contributed by atoms with Gasteiger partial charge in [0.15, 0.2) is 0 Å². The Bertz CT molecular complexity index is 1150. The molecule has 1 atom stereocenters. The summed E-state index contributed by atoms with van der Waals surface area (Å²) in [4.78, 5) is 29.6. The van der Waals surface area contributed by atoms with E-state index >= 15 is 0 Å². The summed E-state index contributed by atoms with van der Waals surface area (Å²) in [5.74, 6) is -0.0690. The van der Waals surface area contributed by atoms with Crippen LogP contribution in [0.25, 0.3) is 0 Å². The van der Waals surface area contributed by atoms with Crippen LogP contribution in [-0.2, 0) is 29.0 Å². The molecule has 36 heavy (non-hydrogen) atoms. The van der Waals surface area contributed by atoms with E-state index in [1.54, 1.807) is 0 Å². The predicted molar refractivity (Wildman–Crippen MR) is 146 cm³/mol. The number of carbonyl (C=O) groups excluding carboxylic acids is 2. The molecule has 0 bridgehead atoms. The molecule has 4 nitrogen and oxygen atoms in total. The molecular weight excluding hydrogens is 444 g/mol. The van der Waals surface area contributed by atoms with Crippen LogP contribution in [0.1, 0.15) is 59.9 Å². The van der Waals surface area contributed by atoms with E-state index in [9.17, 15) is 9.59 Å². The van der Waals surface area contributed by atoms with E-state index in [0.29, 0.717) is 13.0 Å². The number of carbonyl (C=O) groups is 2. The summed E-state index contributed by atoms with van der Waals surface area (Å²) in [6.45, 7) is 4.51. The van der Waals surface area contributed by atoms with Crippen molar-refractivity contribution in [1.82, 2.24) is 10.2 Å². The van der Waals surface area contributed by atoms with E-state index < -0.39 is 6.04 Å². The van der Waals surface area contributed by atoms with Crippen molar-refractivity contribution in [2.75, 3.05) is 0 Å². The number of hydrogen-bond acceptors (Lipinski definition) is 2. The lowest BCUT2D eigenvalue weighted by Crippen LogP contribution is -2.53. The average Bonchev–Trinajstić information content (AvgIpc) is 2.88. The molecular formula is C32H38N2O2. The van der Waals surface area contributed by atoms with Gasteiger partial charge in [-0.1, -0.05) is 104 Å². The molecule has 2 amide bonds. The van der Waals surface area contributed by atoms with Gasteiger partial charge in [0.05, 0.1) is 6.42 Å². The minimum atomic E-state index is -0.578. The largest absolute Gasteiger partial charge is 0.352 e. The van der Waals surface area contributed by atoms with Crippen molar-refractivity contribution in [3.63, 3.8) is 0 Å². The number of hydrogen-bond donors (Lipinski definition) is 1. The van der Waals surface area contributed by atoms with Gasteiger partial charge in [0.1, 0.15) is 6.04 Å². The van der Waals surface area contributed by atoms with Crippen LogP contribution in [0, 0.1) is 13.8 Å². The number of benzene rings is 3. The highest BCUT2D eigenvalue weighted by Gasteiger charge is 2.32. The van der Waals surface area contributed by atoms with Gasteiger partial charge in [-0.05, 0) is 48.9 Å². The highest BCUT2D eigenvalue weighted by Crippen LogP contribution is 2.21. The molecule has 4 rings (SSSR count). The number of rotatable bonds is 9. The van der Waals surface area contributed by atoms with Crippen molar-refractivity contribution < 1.29 is 9.59 Å². The maximum absolute atomic E-state index is 13.9. The topological polar surface area (TPSA) is 49.4 Å². The summed E-state index contributed by atoms with van der Waals surface area (Å²) in [7, 11) is 0. The number of aryl methyl sites for hydroxylation is 2. The Labute approximate surface area is 215 Å². The lowest BCUT2D eigenvalue weighted by atomic mass is 9.94. The van der Waals surface area contributed by atoms with Gasteiger partial charge in [-0.3, -0.25) is 9.59 Å². The molecule has 0 saturated heterocycles. The van der Waals surface area contributed by atoms with Gasteiger partial charge in [-0.15, -0.1) is 0 Å². The Balaban J connectivity index is 1.66. The molecule has 0 aliphatic heterocycles. The Morgan fingerprint density at radius 3 is 2.28 bits per heavy atom. The van der Waals surface area contributed by atoms with Crippen LogP contribution in [0.2, 0.25) is 0 Å². The third-order valence-electron chi connectivity index (χ3n) is 7.26. The predicted octanol–water partition coefficient (Wildman–Crippen LogP) is 5.93. The third-order valence-corrected chi connectivity index (χ3v) is 7.26. The summed E-state index contributed by atoms with van der Waals surface area (Å²) in [5, 5.41) is 3.32. The normalized spacial score (nSPS) is 14.7. The Hall–Kier alpha value is -3.40. The lowest BCUT2D eigenvalue weighted by Gasteiger charge is -2.34. The second kappa shape index (κ2) is 12.5. The van der Waals surface area contributed by atoms with Crippen LogP contribution in [0.3, 0.4) is 0 Å². The monoisotopic (exact) mass is 482 g/mol. The van der Waals surface area contributed by atoms with Gasteiger partial charge in [0.25, 0.3) is 0 Å². The lowest BCUT2D eigenvalue weighted by molar-refractivity contribution is -0.141. The first kappa shape index (κ1) is 25.7. The quantitative estimate of drug-likeness (QED) is 0.411. The molecule has 0 unspecified atom stereocenters. The zero-order valence-corrected chi connectivity index (χ0v) is 21.6. The van der Waals surface area contributed by atoms with E-state index in [0.717, 1.165) is 53.5 Å². The zero-order valence-electron chi connectivity index (χ0n) is 21.6. The fourth-order valence-electron chi connectivity index (χ4n) is 5.17. The Kier molecular flexibility index (Phi) is 8.94. The van der Waals surface area contributed by atoms with Crippen molar-refractivity contribution in [3.05, 3.63) is 107 Å². The molecule has 4 heteroatoms. The van der Waals surface area contributed by atoms with Crippen molar-refractivity contribution >= 4 is 11.8 Å². The van der Waals surface area contributed by atoms with Crippen molar-refractivity contribution in [2.24, 2.45) is 0 Å². The van der Waals surface area contributed by atoms with Gasteiger partial charge in [0, 0.05) is 19.0 Å². The summed E-state index contributed by atoms with van der Waals surface area (Å²) < 4.78 is 0. The summed E-state index contributed by atoms with van der Waals surface area (Å²) in [6, 6.07) is 25.9. The fourth-order valence-corrected chi connectivity index (χ4v) is 5.17. The van der Waals surface area contributed by atoms with Gasteiger partial charge >= 0.3 is 0 Å². The molecule has 0 spiro atoms. The van der Waals surface area contributed by atoms with Crippen molar-refractivity contribution in [3.8, 4) is 0 Å². The number of amides is 2. The van der Waals surface area contributed by atoms with Gasteiger partial charge in [0.2, 0.25) is 11.8 Å². The summed E-state index contributed by atoms with van der Waals surface area (Å²) >= 11 is 0. The molecule has 1 aliphatic rings. The highest BCUT2D eigenvalue weighted by molar-refractivity contribution is 5.89. The average molecular weight is 483 g/mol. The molecule has 0 heterocycles. The maximum atomic E-state index is 13.9. The van der Waals surface area contributed by atoms with Gasteiger partial charge < -0.3 is 10.2 Å². The van der Waals surface area contributed by atoms with E-state index in [1.807, 2.05) is 72.5 Å². The first-order valence-corrected chi connectivity index (χ1v) is 13.2. The second-order valence-corrected chi connectivity index (χ2v) is 10.2. The molecule has 188 valence electrons. The second-order valence-electron chi connectivity index (χ2n) is 10.2. The smallest absolute Gasteiger partial charge is 0.243 e. The molecule has 1 saturated carbocycles. The van der Waals surface area contributed by atoms with E-state index in [2.05, 4.69) is 30.4 Å². The first-order valence-electron chi connectivity index (χ1n) is 13.2. The standard InChI is InChI=1S/C32H38N2O2/c1-24-12-11-16-27(20-24)22-31(35)34(23-28-17-10-9-13-25(28)2)30(21-26-14-5-3-6-15-26)32(36)33-29-18-7-4-8-19-29/h3,5-6,9-17,20,29-30H,4,7-8,18-19,21-23H2,1-2H3,(H,33,36)/t30-/m1/s1. The van der Waals surface area contributed by atoms with Crippen LogP contribution in [0.4, 0.5) is 0 Å². The molecule has 3 aromatic rings. The zero-order chi connectivity index (χ0) is 25.3. The number of nitrogens with one attached hydrogen (secondary N) is 1. The molecule has 1 aliphatic carbocycles. The van der Waals surface area contributed by atoms with Gasteiger partial charge in [-0.2, -0.15) is 0 Å². The highest BCUT2D eigenvalue weighted by atomic mass is 16.2. The Morgan fingerprint density at radius 2 is 1.56 bits per heavy atom. The van der Waals surface area contributed by atoms with Crippen molar-refractivity contribution in [2.45, 2.75) is 77.4 Å². The van der Waals surface area contributed by atoms with Gasteiger partial charge in [-0.25, -0.2) is 0 Å². The third kappa shape index (κ3) is 7.07. The molecule has 0 radical (unpaired) electrons. The molecule has 1 N–H and O–H groups in total. The SMILES string of the molecule is Cc1cccc(CC(=O)N(Cc2ccccc2C)[C@H](Cc2ccccc2)C(=O)NC2CCCCC2)c1. The summed E-state index contributed by atoms with van der Waals surface area (Å²) in [6.07, 6.45) is 6.31.